The van der Waals surface area contributed by atoms with Crippen LogP contribution in [0.2, 0.25) is 0 Å². The summed E-state index contributed by atoms with van der Waals surface area (Å²) in [5.74, 6) is 0.0898. The Hall–Kier alpha value is -1.03. The van der Waals surface area contributed by atoms with E-state index in [0.717, 1.165) is 12.8 Å². The number of aromatic carboxylic acids is 1. The molecule has 1 aromatic carbocycles. The minimum atomic E-state index is -0.976. The summed E-state index contributed by atoms with van der Waals surface area (Å²) >= 11 is 3.22. The Morgan fingerprint density at radius 1 is 1.47 bits per heavy atom. The van der Waals surface area contributed by atoms with Gasteiger partial charge in [0.1, 0.15) is 11.3 Å². The van der Waals surface area contributed by atoms with Crippen LogP contribution in [0.1, 0.15) is 37.0 Å². The predicted octanol–water partition coefficient (Wildman–Crippen LogP) is 3.96. The third kappa shape index (κ3) is 4.38. The van der Waals surface area contributed by atoms with Crippen LogP contribution >= 0.6 is 15.9 Å². The summed E-state index contributed by atoms with van der Waals surface area (Å²) in [6.45, 7) is 4.86. The van der Waals surface area contributed by atoms with E-state index in [4.69, 9.17) is 9.84 Å². The first-order valence-corrected chi connectivity index (χ1v) is 6.46. The molecule has 3 nitrogen and oxygen atoms in total. The van der Waals surface area contributed by atoms with Crippen LogP contribution in [-0.2, 0) is 0 Å². The number of benzene rings is 1. The van der Waals surface area contributed by atoms with E-state index in [9.17, 15) is 4.79 Å². The van der Waals surface area contributed by atoms with Crippen molar-refractivity contribution in [3.8, 4) is 5.75 Å². The molecule has 94 valence electrons. The summed E-state index contributed by atoms with van der Waals surface area (Å²) in [5, 5.41) is 9.08. The van der Waals surface area contributed by atoms with Crippen LogP contribution in [0.3, 0.4) is 0 Å². The molecular weight excluding hydrogens is 284 g/mol. The smallest absolute Gasteiger partial charge is 0.340 e. The maximum atomic E-state index is 11.1. The van der Waals surface area contributed by atoms with Crippen molar-refractivity contribution < 1.29 is 14.6 Å². The average Bonchev–Trinajstić information content (AvgIpc) is 2.23. The van der Waals surface area contributed by atoms with E-state index in [0.29, 0.717) is 22.7 Å². The molecule has 1 N–H and O–H groups in total. The van der Waals surface area contributed by atoms with E-state index >= 15 is 0 Å². The number of carboxylic acids is 1. The number of hydrogen-bond donors (Lipinski definition) is 1. The number of carbonyl (C=O) groups is 1. The lowest BCUT2D eigenvalue weighted by molar-refractivity contribution is 0.0691. The van der Waals surface area contributed by atoms with Crippen molar-refractivity contribution in [2.45, 2.75) is 26.7 Å². The van der Waals surface area contributed by atoms with Gasteiger partial charge in [-0.25, -0.2) is 4.79 Å². The highest BCUT2D eigenvalue weighted by Gasteiger charge is 2.14. The second kappa shape index (κ2) is 6.64. The van der Waals surface area contributed by atoms with Gasteiger partial charge in [-0.15, -0.1) is 0 Å². The van der Waals surface area contributed by atoms with Gasteiger partial charge in [0.25, 0.3) is 0 Å². The van der Waals surface area contributed by atoms with Gasteiger partial charge in [-0.1, -0.05) is 19.9 Å². The topological polar surface area (TPSA) is 46.5 Å². The van der Waals surface area contributed by atoms with Crippen LogP contribution in [-0.4, -0.2) is 17.7 Å². The summed E-state index contributed by atoms with van der Waals surface area (Å²) in [5.41, 5.74) is 0.192. The molecule has 1 rings (SSSR count). The van der Waals surface area contributed by atoms with Gasteiger partial charge in [0.15, 0.2) is 0 Å². The zero-order chi connectivity index (χ0) is 12.8. The maximum Gasteiger partial charge on any atom is 0.340 e. The number of carboxylic acid groups (broad SMARTS) is 1. The van der Waals surface area contributed by atoms with Crippen molar-refractivity contribution in [3.63, 3.8) is 0 Å². The summed E-state index contributed by atoms with van der Waals surface area (Å²) in [6, 6.07) is 5.16. The molecule has 0 heterocycles. The lowest BCUT2D eigenvalue weighted by Gasteiger charge is -2.11. The van der Waals surface area contributed by atoms with Crippen LogP contribution in [0.4, 0.5) is 0 Å². The van der Waals surface area contributed by atoms with E-state index in [2.05, 4.69) is 29.8 Å². The monoisotopic (exact) mass is 300 g/mol. The Morgan fingerprint density at radius 3 is 2.76 bits per heavy atom. The largest absolute Gasteiger partial charge is 0.493 e. The van der Waals surface area contributed by atoms with Gasteiger partial charge >= 0.3 is 5.97 Å². The van der Waals surface area contributed by atoms with Crippen molar-refractivity contribution in [1.82, 2.24) is 0 Å². The highest BCUT2D eigenvalue weighted by molar-refractivity contribution is 9.10. The molecule has 0 bridgehead atoms. The molecule has 0 saturated carbocycles. The minimum absolute atomic E-state index is 0.192. The number of rotatable bonds is 6. The Morgan fingerprint density at radius 2 is 2.18 bits per heavy atom. The first kappa shape index (κ1) is 14.0. The highest BCUT2D eigenvalue weighted by atomic mass is 79.9. The van der Waals surface area contributed by atoms with Crippen molar-refractivity contribution >= 4 is 21.9 Å². The number of halogens is 1. The Balaban J connectivity index is 2.64. The summed E-state index contributed by atoms with van der Waals surface area (Å²) in [6.07, 6.45) is 2.01. The fourth-order valence-corrected chi connectivity index (χ4v) is 2.02. The van der Waals surface area contributed by atoms with Gasteiger partial charge in [0, 0.05) is 4.47 Å². The standard InChI is InChI=1S/C13H17BrO3/c1-9(2)5-4-8-17-11-7-3-6-10(14)12(11)13(15)16/h3,6-7,9H,4-5,8H2,1-2H3,(H,15,16). The van der Waals surface area contributed by atoms with E-state index in [1.807, 2.05) is 0 Å². The summed E-state index contributed by atoms with van der Waals surface area (Å²) in [7, 11) is 0. The molecule has 0 spiro atoms. The molecule has 4 heteroatoms. The second-order valence-corrected chi connectivity index (χ2v) is 5.16. The molecule has 0 atom stereocenters. The SMILES string of the molecule is CC(C)CCCOc1cccc(Br)c1C(=O)O. The van der Waals surface area contributed by atoms with Crippen molar-refractivity contribution in [1.29, 1.82) is 0 Å². The number of hydrogen-bond acceptors (Lipinski definition) is 2. The Kier molecular flexibility index (Phi) is 5.48. The van der Waals surface area contributed by atoms with Gasteiger partial charge in [-0.05, 0) is 46.8 Å². The van der Waals surface area contributed by atoms with Gasteiger partial charge in [0.05, 0.1) is 6.61 Å². The van der Waals surface area contributed by atoms with Gasteiger partial charge in [-0.2, -0.15) is 0 Å². The Labute approximate surface area is 110 Å². The van der Waals surface area contributed by atoms with Crippen molar-refractivity contribution in [2.75, 3.05) is 6.61 Å². The van der Waals surface area contributed by atoms with Crippen molar-refractivity contribution in [3.05, 3.63) is 28.2 Å². The molecule has 0 aromatic heterocycles. The van der Waals surface area contributed by atoms with Crippen molar-refractivity contribution in [2.24, 2.45) is 5.92 Å². The van der Waals surface area contributed by atoms with Gasteiger partial charge in [0.2, 0.25) is 0 Å². The maximum absolute atomic E-state index is 11.1. The fraction of sp³-hybridized carbons (Fsp3) is 0.462. The molecule has 0 radical (unpaired) electrons. The fourth-order valence-electron chi connectivity index (χ4n) is 1.51. The molecule has 0 saturated heterocycles. The molecule has 0 unspecified atom stereocenters. The van der Waals surface area contributed by atoms with Crippen LogP contribution < -0.4 is 4.74 Å². The van der Waals surface area contributed by atoms with E-state index in [1.165, 1.54) is 0 Å². The molecule has 0 amide bonds. The highest BCUT2D eigenvalue weighted by Crippen LogP contribution is 2.27. The number of ether oxygens (including phenoxy) is 1. The first-order chi connectivity index (χ1) is 8.02. The second-order valence-electron chi connectivity index (χ2n) is 4.30. The molecule has 0 aliphatic heterocycles. The third-order valence-corrected chi connectivity index (χ3v) is 3.03. The normalized spacial score (nSPS) is 10.6. The third-order valence-electron chi connectivity index (χ3n) is 2.37. The average molecular weight is 301 g/mol. The zero-order valence-electron chi connectivity index (χ0n) is 10.1. The van der Waals surface area contributed by atoms with E-state index < -0.39 is 5.97 Å². The van der Waals surface area contributed by atoms with Crippen LogP contribution in [0, 0.1) is 5.92 Å². The lowest BCUT2D eigenvalue weighted by atomic mass is 10.1. The predicted molar refractivity (Wildman–Crippen MR) is 70.7 cm³/mol. The quantitative estimate of drug-likeness (QED) is 0.809. The lowest BCUT2D eigenvalue weighted by Crippen LogP contribution is -2.06. The summed E-state index contributed by atoms with van der Waals surface area (Å²) in [4.78, 5) is 11.1. The van der Waals surface area contributed by atoms with Crippen LogP contribution in [0.25, 0.3) is 0 Å². The molecule has 1 aromatic rings. The van der Waals surface area contributed by atoms with Crippen LogP contribution in [0.15, 0.2) is 22.7 Å². The van der Waals surface area contributed by atoms with Gasteiger partial charge in [-0.3, -0.25) is 0 Å². The zero-order valence-corrected chi connectivity index (χ0v) is 11.7. The van der Waals surface area contributed by atoms with E-state index in [1.54, 1.807) is 18.2 Å². The molecule has 0 aliphatic rings. The summed E-state index contributed by atoms with van der Waals surface area (Å²) < 4.78 is 6.07. The Bertz CT molecular complexity index is 388. The molecular formula is C13H17BrO3. The first-order valence-electron chi connectivity index (χ1n) is 5.67. The van der Waals surface area contributed by atoms with Crippen LogP contribution in [0.5, 0.6) is 5.75 Å². The van der Waals surface area contributed by atoms with Gasteiger partial charge < -0.3 is 9.84 Å². The molecule has 17 heavy (non-hydrogen) atoms. The van der Waals surface area contributed by atoms with E-state index in [-0.39, 0.29) is 5.56 Å². The molecule has 0 aliphatic carbocycles. The molecule has 0 fully saturated rings. The minimum Gasteiger partial charge on any atom is -0.493 e.